The molecule has 2 aliphatic heterocycles. The first-order chi connectivity index (χ1) is 28.3. The lowest BCUT2D eigenvalue weighted by molar-refractivity contribution is -0.141. The molecule has 3 aromatic heterocycles. The molecule has 1 unspecified atom stereocenters. The number of aryl methyl sites for hydroxylation is 2. The molecule has 13 nitrogen and oxygen atoms in total. The highest BCUT2D eigenvalue weighted by molar-refractivity contribution is 6.05. The number of rotatable bonds is 11. The number of fused-ring (bicyclic) bond motifs is 2. The summed E-state index contributed by atoms with van der Waals surface area (Å²) in [6.07, 6.45) is 7.64. The Morgan fingerprint density at radius 3 is 2.46 bits per heavy atom. The fourth-order valence-corrected chi connectivity index (χ4v) is 9.23. The van der Waals surface area contributed by atoms with E-state index in [2.05, 4.69) is 32.7 Å². The Hall–Kier alpha value is -5.51. The highest BCUT2D eigenvalue weighted by atomic mass is 19.4. The van der Waals surface area contributed by atoms with E-state index in [9.17, 15) is 32.3 Å². The Balaban J connectivity index is 0.791. The SMILES string of the molecule is COc1cc2nn(C3CCC(CN4CCC(CCCc5ccc6c(c5)n(C)c(=O)n6C5CCC(=O)NC5=O)CC4)CC3)cc2cc1NC(=O)c1cccc(C(F)(F)F)n1. The van der Waals surface area contributed by atoms with Crippen molar-refractivity contribution in [3.63, 3.8) is 0 Å². The predicted octanol–water partition coefficient (Wildman–Crippen LogP) is 6.81. The van der Waals surface area contributed by atoms with E-state index in [4.69, 9.17) is 9.84 Å². The Kier molecular flexibility index (Phi) is 11.3. The van der Waals surface area contributed by atoms with Crippen LogP contribution in [0.15, 0.2) is 59.5 Å². The van der Waals surface area contributed by atoms with Crippen molar-refractivity contribution in [3.05, 3.63) is 82.2 Å². The van der Waals surface area contributed by atoms with Crippen molar-refractivity contribution >= 4 is 45.3 Å². The monoisotopic (exact) mass is 814 g/mol. The van der Waals surface area contributed by atoms with Gasteiger partial charge in [0.2, 0.25) is 11.8 Å². The summed E-state index contributed by atoms with van der Waals surface area (Å²) in [4.78, 5) is 56.3. The second-order valence-corrected chi connectivity index (χ2v) is 16.4. The average molecular weight is 815 g/mol. The zero-order valence-electron chi connectivity index (χ0n) is 33.3. The number of pyridine rings is 1. The van der Waals surface area contributed by atoms with Crippen molar-refractivity contribution in [1.29, 1.82) is 0 Å². The molecule has 16 heteroatoms. The van der Waals surface area contributed by atoms with Crippen LogP contribution >= 0.6 is 0 Å². The van der Waals surface area contributed by atoms with Crippen LogP contribution in [-0.2, 0) is 29.2 Å². The molecule has 2 aromatic carbocycles. The molecule has 3 fully saturated rings. The number of benzene rings is 2. The van der Waals surface area contributed by atoms with Gasteiger partial charge in [-0.1, -0.05) is 18.6 Å². The molecule has 0 radical (unpaired) electrons. The molecule has 8 rings (SSSR count). The van der Waals surface area contributed by atoms with Crippen LogP contribution in [-0.4, -0.2) is 73.3 Å². The molecular weight excluding hydrogens is 766 g/mol. The van der Waals surface area contributed by atoms with E-state index in [0.717, 1.165) is 87.6 Å². The lowest BCUT2D eigenvalue weighted by atomic mass is 9.84. The van der Waals surface area contributed by atoms with Gasteiger partial charge in [0.15, 0.2) is 0 Å². The maximum atomic E-state index is 13.2. The quantitative estimate of drug-likeness (QED) is 0.139. The number of hydrogen-bond acceptors (Lipinski definition) is 8. The van der Waals surface area contributed by atoms with Crippen LogP contribution in [0.4, 0.5) is 18.9 Å². The van der Waals surface area contributed by atoms with Crippen molar-refractivity contribution < 1.29 is 32.3 Å². The second kappa shape index (κ2) is 16.6. The molecule has 0 spiro atoms. The first-order valence-electron chi connectivity index (χ1n) is 20.5. The van der Waals surface area contributed by atoms with E-state index in [1.165, 1.54) is 36.1 Å². The standard InChI is InChI=1S/C43H49F3N8O5/c1-51-36-21-27(11-14-34(36)54(42(51)58)35-15-16-39(55)49-41(35)57)6-3-5-26-17-19-52(20-18-26)24-28-9-12-30(13-10-28)53-25-29-22-33(37(59-2)23-32(29)50-53)48-40(56)31-7-4-8-38(47-31)43(44,45)46/h4,7-8,11,14,21-23,25-26,28,30,35H,3,5-6,9-10,12-13,15-20,24H2,1-2H3,(H,48,56)(H,49,55,57). The first kappa shape index (κ1) is 40.3. The molecule has 2 saturated heterocycles. The number of carbonyl (C=O) groups is 3. The number of imidazole rings is 1. The topological polar surface area (TPSA) is 145 Å². The van der Waals surface area contributed by atoms with Crippen molar-refractivity contribution in [2.24, 2.45) is 18.9 Å². The van der Waals surface area contributed by atoms with Gasteiger partial charge in [0, 0.05) is 37.7 Å². The third-order valence-corrected chi connectivity index (χ3v) is 12.5. The minimum Gasteiger partial charge on any atom is -0.494 e. The van der Waals surface area contributed by atoms with Gasteiger partial charge < -0.3 is 15.0 Å². The number of imide groups is 1. The van der Waals surface area contributed by atoms with E-state index in [0.29, 0.717) is 40.7 Å². The average Bonchev–Trinajstić information content (AvgIpc) is 3.75. The van der Waals surface area contributed by atoms with Crippen molar-refractivity contribution in [1.82, 2.24) is 34.1 Å². The summed E-state index contributed by atoms with van der Waals surface area (Å²) < 4.78 is 50.1. The van der Waals surface area contributed by atoms with Gasteiger partial charge in [0.05, 0.1) is 35.4 Å². The van der Waals surface area contributed by atoms with Gasteiger partial charge in [-0.15, -0.1) is 0 Å². The number of nitrogens with one attached hydrogen (secondary N) is 2. The lowest BCUT2D eigenvalue weighted by Crippen LogP contribution is -2.44. The largest absolute Gasteiger partial charge is 0.494 e. The number of piperidine rings is 2. The molecular formula is C43H49F3N8O5. The summed E-state index contributed by atoms with van der Waals surface area (Å²) in [6, 6.07) is 12.3. The number of nitrogens with zero attached hydrogens (tertiary/aromatic N) is 6. The van der Waals surface area contributed by atoms with E-state index in [-0.39, 0.29) is 29.8 Å². The van der Waals surface area contributed by atoms with Gasteiger partial charge in [0.25, 0.3) is 5.91 Å². The van der Waals surface area contributed by atoms with Crippen LogP contribution in [0.2, 0.25) is 0 Å². The summed E-state index contributed by atoms with van der Waals surface area (Å²) in [5.41, 5.74) is 1.99. The normalized spacial score (nSPS) is 20.9. The van der Waals surface area contributed by atoms with Crippen LogP contribution in [0.25, 0.3) is 21.9 Å². The van der Waals surface area contributed by atoms with Crippen molar-refractivity contribution in [2.75, 3.05) is 32.1 Å². The van der Waals surface area contributed by atoms with Gasteiger partial charge in [0.1, 0.15) is 23.2 Å². The number of ether oxygens (including phenoxy) is 1. The number of methoxy groups -OCH3 is 1. The fourth-order valence-electron chi connectivity index (χ4n) is 9.23. The van der Waals surface area contributed by atoms with Crippen LogP contribution in [0.5, 0.6) is 5.75 Å². The van der Waals surface area contributed by atoms with E-state index in [1.807, 2.05) is 16.9 Å². The summed E-state index contributed by atoms with van der Waals surface area (Å²) in [5.74, 6) is 0.184. The molecule has 59 heavy (non-hydrogen) atoms. The summed E-state index contributed by atoms with van der Waals surface area (Å²) in [6.45, 7) is 3.34. The maximum absolute atomic E-state index is 13.2. The van der Waals surface area contributed by atoms with Crippen molar-refractivity contribution in [2.45, 2.75) is 88.9 Å². The summed E-state index contributed by atoms with van der Waals surface area (Å²) >= 11 is 0. The highest BCUT2D eigenvalue weighted by Gasteiger charge is 2.34. The number of hydrogen-bond donors (Lipinski definition) is 2. The zero-order chi connectivity index (χ0) is 41.4. The minimum atomic E-state index is -4.66. The first-order valence-corrected chi connectivity index (χ1v) is 20.5. The number of aromatic nitrogens is 5. The summed E-state index contributed by atoms with van der Waals surface area (Å²) in [7, 11) is 3.19. The molecule has 1 aliphatic carbocycles. The predicted molar refractivity (Wildman–Crippen MR) is 215 cm³/mol. The van der Waals surface area contributed by atoms with Gasteiger partial charge >= 0.3 is 11.9 Å². The number of halogens is 3. The molecule has 1 saturated carbocycles. The van der Waals surface area contributed by atoms with Crippen LogP contribution < -0.4 is 21.1 Å². The van der Waals surface area contributed by atoms with Gasteiger partial charge in [-0.05, 0) is 119 Å². The lowest BCUT2D eigenvalue weighted by Gasteiger charge is -2.36. The number of likely N-dealkylation sites (tertiary alicyclic amines) is 1. The number of amides is 3. The maximum Gasteiger partial charge on any atom is 0.433 e. The smallest absolute Gasteiger partial charge is 0.433 e. The molecule has 5 aromatic rings. The van der Waals surface area contributed by atoms with E-state index < -0.39 is 29.7 Å². The zero-order valence-corrected chi connectivity index (χ0v) is 33.3. The van der Waals surface area contributed by atoms with Crippen LogP contribution in [0.1, 0.15) is 98.0 Å². The number of anilines is 1. The fraction of sp³-hybridized carbons (Fsp3) is 0.488. The Morgan fingerprint density at radius 1 is 0.949 bits per heavy atom. The van der Waals surface area contributed by atoms with Crippen LogP contribution in [0, 0.1) is 11.8 Å². The molecule has 1 atom stereocenters. The molecule has 312 valence electrons. The Bertz CT molecular complexity index is 2440. The number of carbonyl (C=O) groups excluding carboxylic acids is 3. The van der Waals surface area contributed by atoms with Gasteiger partial charge in [-0.25, -0.2) is 9.78 Å². The third kappa shape index (κ3) is 8.63. The van der Waals surface area contributed by atoms with E-state index >= 15 is 0 Å². The molecule has 2 N–H and O–H groups in total. The molecule has 3 aliphatic rings. The molecule has 5 heterocycles. The minimum absolute atomic E-state index is 0.218. The van der Waals surface area contributed by atoms with Crippen LogP contribution in [0.3, 0.4) is 0 Å². The Morgan fingerprint density at radius 2 is 1.73 bits per heavy atom. The highest BCUT2D eigenvalue weighted by Crippen LogP contribution is 2.36. The van der Waals surface area contributed by atoms with E-state index in [1.54, 1.807) is 23.7 Å². The molecule has 3 amide bonds. The molecule has 0 bridgehead atoms. The Labute approximate surface area is 338 Å². The third-order valence-electron chi connectivity index (χ3n) is 12.5. The van der Waals surface area contributed by atoms with Gasteiger partial charge in [-0.3, -0.25) is 33.5 Å². The summed E-state index contributed by atoms with van der Waals surface area (Å²) in [5, 5.41) is 10.7. The van der Waals surface area contributed by atoms with Gasteiger partial charge in [-0.2, -0.15) is 18.3 Å². The van der Waals surface area contributed by atoms with Crippen molar-refractivity contribution in [3.8, 4) is 5.75 Å². The number of alkyl halides is 3. The second-order valence-electron chi connectivity index (χ2n) is 16.4.